The Bertz CT molecular complexity index is 837. The van der Waals surface area contributed by atoms with Crippen molar-refractivity contribution in [1.29, 1.82) is 0 Å². The minimum atomic E-state index is -0.971. The van der Waals surface area contributed by atoms with Crippen molar-refractivity contribution in [1.82, 2.24) is 0 Å². The third-order valence-electron chi connectivity index (χ3n) is 5.28. The van der Waals surface area contributed by atoms with E-state index in [0.717, 1.165) is 17.5 Å². The molecule has 0 amide bonds. The number of oxime groups is 1. The van der Waals surface area contributed by atoms with Gasteiger partial charge in [0.1, 0.15) is 5.71 Å². The van der Waals surface area contributed by atoms with Crippen molar-refractivity contribution >= 4 is 11.7 Å². The van der Waals surface area contributed by atoms with Gasteiger partial charge >= 0.3 is 5.97 Å². The Hall–Kier alpha value is -2.62. The summed E-state index contributed by atoms with van der Waals surface area (Å²) >= 11 is 0. The number of carbonyl (C=O) groups is 1. The molecule has 0 radical (unpaired) electrons. The SMILES string of the molecule is Cc1cc2c(cc1/C(=N\O)c1ccc(C(=O)O)cc1)C(C)CCC2C. The van der Waals surface area contributed by atoms with Crippen LogP contribution in [0.1, 0.15) is 76.7 Å². The maximum Gasteiger partial charge on any atom is 0.335 e. The minimum absolute atomic E-state index is 0.214. The van der Waals surface area contributed by atoms with E-state index in [2.05, 4.69) is 31.1 Å². The van der Waals surface area contributed by atoms with Crippen molar-refractivity contribution in [3.8, 4) is 0 Å². The molecule has 3 rings (SSSR count). The first-order chi connectivity index (χ1) is 11.9. The topological polar surface area (TPSA) is 69.9 Å². The molecule has 0 aromatic heterocycles. The smallest absolute Gasteiger partial charge is 0.335 e. The van der Waals surface area contributed by atoms with Gasteiger partial charge in [-0.05, 0) is 66.5 Å². The molecule has 0 fully saturated rings. The van der Waals surface area contributed by atoms with Crippen LogP contribution >= 0.6 is 0 Å². The Morgan fingerprint density at radius 3 is 2.04 bits per heavy atom. The predicted molar refractivity (Wildman–Crippen MR) is 98.1 cm³/mol. The monoisotopic (exact) mass is 337 g/mol. The number of hydrogen-bond acceptors (Lipinski definition) is 3. The van der Waals surface area contributed by atoms with Gasteiger partial charge in [-0.25, -0.2) is 4.79 Å². The molecule has 4 nitrogen and oxygen atoms in total. The van der Waals surface area contributed by atoms with Crippen LogP contribution in [-0.2, 0) is 0 Å². The number of rotatable bonds is 3. The molecular weight excluding hydrogens is 314 g/mol. The normalized spacial score (nSPS) is 20.2. The van der Waals surface area contributed by atoms with E-state index in [0.29, 0.717) is 23.1 Å². The lowest BCUT2D eigenvalue weighted by Crippen LogP contribution is -2.14. The quantitative estimate of drug-likeness (QED) is 0.474. The summed E-state index contributed by atoms with van der Waals surface area (Å²) in [6.45, 7) is 6.52. The van der Waals surface area contributed by atoms with Crippen molar-refractivity contribution in [2.45, 2.75) is 45.4 Å². The molecular formula is C21H23NO3. The summed E-state index contributed by atoms with van der Waals surface area (Å²) in [6, 6.07) is 10.8. The molecule has 0 saturated heterocycles. The fraction of sp³-hybridized carbons (Fsp3) is 0.333. The largest absolute Gasteiger partial charge is 0.478 e. The third kappa shape index (κ3) is 3.16. The molecule has 4 heteroatoms. The second-order valence-electron chi connectivity index (χ2n) is 7.01. The fourth-order valence-corrected chi connectivity index (χ4v) is 3.70. The average Bonchev–Trinajstić information content (AvgIpc) is 2.60. The highest BCUT2D eigenvalue weighted by molar-refractivity contribution is 6.13. The van der Waals surface area contributed by atoms with Crippen LogP contribution in [0.5, 0.6) is 0 Å². The summed E-state index contributed by atoms with van der Waals surface area (Å²) in [5, 5.41) is 22.2. The lowest BCUT2D eigenvalue weighted by molar-refractivity contribution is 0.0697. The van der Waals surface area contributed by atoms with Crippen molar-refractivity contribution in [3.63, 3.8) is 0 Å². The number of benzene rings is 2. The summed E-state index contributed by atoms with van der Waals surface area (Å²) < 4.78 is 0. The van der Waals surface area contributed by atoms with E-state index < -0.39 is 5.97 Å². The lowest BCUT2D eigenvalue weighted by atomic mass is 9.76. The van der Waals surface area contributed by atoms with E-state index in [4.69, 9.17) is 5.11 Å². The molecule has 2 atom stereocenters. The molecule has 0 heterocycles. The second-order valence-corrected chi connectivity index (χ2v) is 7.01. The molecule has 25 heavy (non-hydrogen) atoms. The zero-order valence-electron chi connectivity index (χ0n) is 14.8. The van der Waals surface area contributed by atoms with Crippen molar-refractivity contribution in [2.75, 3.05) is 0 Å². The molecule has 2 unspecified atom stereocenters. The molecule has 0 saturated carbocycles. The van der Waals surface area contributed by atoms with Crippen LogP contribution in [-0.4, -0.2) is 22.0 Å². The highest BCUT2D eigenvalue weighted by atomic mass is 16.4. The number of aromatic carboxylic acids is 1. The molecule has 0 bridgehead atoms. The Morgan fingerprint density at radius 2 is 1.52 bits per heavy atom. The standard InChI is InChI=1S/C21H23NO3/c1-12-4-5-13(2)18-11-19(14(3)10-17(12)18)20(22-25)15-6-8-16(9-7-15)21(23)24/h6-13,25H,4-5H2,1-3H3,(H,23,24)/b22-20-. The summed E-state index contributed by atoms with van der Waals surface area (Å²) in [7, 11) is 0. The van der Waals surface area contributed by atoms with Crippen molar-refractivity contribution in [2.24, 2.45) is 5.16 Å². The summed E-state index contributed by atoms with van der Waals surface area (Å²) in [4.78, 5) is 11.0. The van der Waals surface area contributed by atoms with Crippen LogP contribution in [0.3, 0.4) is 0 Å². The first-order valence-corrected chi connectivity index (χ1v) is 8.63. The van der Waals surface area contributed by atoms with E-state index in [-0.39, 0.29) is 5.56 Å². The highest BCUT2D eigenvalue weighted by Crippen LogP contribution is 2.39. The molecule has 2 aromatic rings. The van der Waals surface area contributed by atoms with Gasteiger partial charge in [0.05, 0.1) is 5.56 Å². The van der Waals surface area contributed by atoms with Gasteiger partial charge in [-0.3, -0.25) is 0 Å². The van der Waals surface area contributed by atoms with Gasteiger partial charge in [-0.1, -0.05) is 37.2 Å². The molecule has 2 aromatic carbocycles. The number of nitrogens with zero attached hydrogens (tertiary/aromatic N) is 1. The molecule has 130 valence electrons. The van der Waals surface area contributed by atoms with Gasteiger partial charge in [0.15, 0.2) is 0 Å². The van der Waals surface area contributed by atoms with Crippen LogP contribution in [0.2, 0.25) is 0 Å². The van der Waals surface area contributed by atoms with Gasteiger partial charge in [0, 0.05) is 11.1 Å². The van der Waals surface area contributed by atoms with Crippen LogP contribution in [0.25, 0.3) is 0 Å². The fourth-order valence-electron chi connectivity index (χ4n) is 3.70. The van der Waals surface area contributed by atoms with Crippen molar-refractivity contribution < 1.29 is 15.1 Å². The molecule has 2 N–H and O–H groups in total. The average molecular weight is 337 g/mol. The highest BCUT2D eigenvalue weighted by Gasteiger charge is 2.24. The molecule has 1 aliphatic carbocycles. The van der Waals surface area contributed by atoms with Gasteiger partial charge in [-0.15, -0.1) is 0 Å². The zero-order valence-corrected chi connectivity index (χ0v) is 14.8. The van der Waals surface area contributed by atoms with E-state index >= 15 is 0 Å². The van der Waals surface area contributed by atoms with E-state index in [1.807, 2.05) is 6.92 Å². The van der Waals surface area contributed by atoms with Crippen LogP contribution < -0.4 is 0 Å². The Morgan fingerprint density at radius 1 is 1.00 bits per heavy atom. The van der Waals surface area contributed by atoms with Crippen LogP contribution in [0, 0.1) is 6.92 Å². The van der Waals surface area contributed by atoms with E-state index in [1.54, 1.807) is 12.1 Å². The minimum Gasteiger partial charge on any atom is -0.478 e. The molecule has 1 aliphatic rings. The van der Waals surface area contributed by atoms with Crippen LogP contribution in [0.15, 0.2) is 41.6 Å². The summed E-state index contributed by atoms with van der Waals surface area (Å²) in [5.74, 6) is 0.0602. The van der Waals surface area contributed by atoms with Gasteiger partial charge in [0.25, 0.3) is 0 Å². The van der Waals surface area contributed by atoms with Crippen LogP contribution in [0.4, 0.5) is 0 Å². The zero-order chi connectivity index (χ0) is 18.1. The predicted octanol–water partition coefficient (Wildman–Crippen LogP) is 4.92. The van der Waals surface area contributed by atoms with Gasteiger partial charge in [-0.2, -0.15) is 0 Å². The maximum absolute atomic E-state index is 11.0. The third-order valence-corrected chi connectivity index (χ3v) is 5.28. The van der Waals surface area contributed by atoms with Crippen molar-refractivity contribution in [3.05, 3.63) is 69.8 Å². The van der Waals surface area contributed by atoms with E-state index in [9.17, 15) is 10.0 Å². The number of hydrogen-bond donors (Lipinski definition) is 2. The number of carboxylic acid groups (broad SMARTS) is 1. The summed E-state index contributed by atoms with van der Waals surface area (Å²) in [5.41, 5.74) is 6.06. The van der Waals surface area contributed by atoms with Gasteiger partial charge < -0.3 is 10.3 Å². The second kappa shape index (κ2) is 6.71. The molecule has 0 aliphatic heterocycles. The Labute approximate surface area is 147 Å². The Kier molecular flexibility index (Phi) is 4.62. The van der Waals surface area contributed by atoms with E-state index in [1.165, 1.54) is 29.7 Å². The first-order valence-electron chi connectivity index (χ1n) is 8.63. The lowest BCUT2D eigenvalue weighted by Gasteiger charge is -2.29. The maximum atomic E-state index is 11.0. The van der Waals surface area contributed by atoms with Gasteiger partial charge in [0.2, 0.25) is 0 Å². The summed E-state index contributed by atoms with van der Waals surface area (Å²) in [6.07, 6.45) is 2.36. The number of carboxylic acids is 1. The molecule has 0 spiro atoms. The number of aryl methyl sites for hydroxylation is 1. The number of fused-ring (bicyclic) bond motifs is 1. The first kappa shape index (κ1) is 17.2. The Balaban J connectivity index is 2.07.